The second kappa shape index (κ2) is 9.99. The maximum absolute atomic E-state index is 13.5. The maximum Gasteiger partial charge on any atom is 0.266 e. The first-order chi connectivity index (χ1) is 17.4. The standard InChI is InChI=1S/C28H26N4O3S/c1-17-12-18(2)14-22(13-17)32-27(35)23-8-3-4-9-24(23)31-28(32)36-16-25(33)29-21-7-5-6-19(15-21)26(34)30-20-10-11-20/h3-9,12-15,20H,10-11,16H2,1-2H3,(H,29,33)(H,30,34). The molecule has 1 saturated carbocycles. The van der Waals surface area contributed by atoms with Crippen molar-refractivity contribution in [3.63, 3.8) is 0 Å². The third-order valence-electron chi connectivity index (χ3n) is 5.86. The van der Waals surface area contributed by atoms with Crippen molar-refractivity contribution in [2.45, 2.75) is 37.9 Å². The Morgan fingerprint density at radius 3 is 2.50 bits per heavy atom. The van der Waals surface area contributed by atoms with Gasteiger partial charge in [-0.15, -0.1) is 0 Å². The summed E-state index contributed by atoms with van der Waals surface area (Å²) in [5.74, 6) is -0.344. The van der Waals surface area contributed by atoms with E-state index in [0.717, 1.165) is 24.0 Å². The normalized spacial score (nSPS) is 12.9. The van der Waals surface area contributed by atoms with Crippen LogP contribution in [0.2, 0.25) is 0 Å². The highest BCUT2D eigenvalue weighted by molar-refractivity contribution is 7.99. The van der Waals surface area contributed by atoms with Gasteiger partial charge in [0.25, 0.3) is 11.5 Å². The maximum atomic E-state index is 13.5. The molecule has 7 nitrogen and oxygen atoms in total. The van der Waals surface area contributed by atoms with Crippen LogP contribution >= 0.6 is 11.8 Å². The SMILES string of the molecule is Cc1cc(C)cc(-n2c(SCC(=O)Nc3cccc(C(=O)NC4CC4)c3)nc3ccccc3c2=O)c1. The molecular formula is C28H26N4O3S. The van der Waals surface area contributed by atoms with Gasteiger partial charge in [0.05, 0.1) is 22.3 Å². The van der Waals surface area contributed by atoms with Crippen molar-refractivity contribution in [1.29, 1.82) is 0 Å². The van der Waals surface area contributed by atoms with Crippen molar-refractivity contribution in [3.05, 3.63) is 93.8 Å². The van der Waals surface area contributed by atoms with E-state index in [1.807, 2.05) is 44.2 Å². The van der Waals surface area contributed by atoms with Crippen LogP contribution in [0.1, 0.15) is 34.3 Å². The zero-order valence-electron chi connectivity index (χ0n) is 20.1. The van der Waals surface area contributed by atoms with E-state index in [1.165, 1.54) is 11.8 Å². The minimum atomic E-state index is -0.255. The summed E-state index contributed by atoms with van der Waals surface area (Å²) in [4.78, 5) is 43.3. The average Bonchev–Trinajstić information content (AvgIpc) is 3.66. The molecule has 8 heteroatoms. The Morgan fingerprint density at radius 1 is 1.00 bits per heavy atom. The summed E-state index contributed by atoms with van der Waals surface area (Å²) in [6, 6.07) is 20.3. The van der Waals surface area contributed by atoms with Gasteiger partial charge >= 0.3 is 0 Å². The largest absolute Gasteiger partial charge is 0.349 e. The van der Waals surface area contributed by atoms with Gasteiger partial charge in [0, 0.05) is 17.3 Å². The highest BCUT2D eigenvalue weighted by Crippen LogP contribution is 2.24. The highest BCUT2D eigenvalue weighted by atomic mass is 32.2. The van der Waals surface area contributed by atoms with Gasteiger partial charge in [-0.3, -0.25) is 19.0 Å². The van der Waals surface area contributed by atoms with E-state index < -0.39 is 0 Å². The number of amides is 2. The number of rotatable bonds is 7. The van der Waals surface area contributed by atoms with Crippen LogP contribution in [-0.4, -0.2) is 33.2 Å². The first-order valence-electron chi connectivity index (χ1n) is 11.8. The summed E-state index contributed by atoms with van der Waals surface area (Å²) < 4.78 is 1.57. The first kappa shape index (κ1) is 23.8. The summed E-state index contributed by atoms with van der Waals surface area (Å²) in [6.07, 6.45) is 2.02. The van der Waals surface area contributed by atoms with Crippen LogP contribution in [0.4, 0.5) is 5.69 Å². The molecule has 0 unspecified atom stereocenters. The number of para-hydroxylation sites is 1. The van der Waals surface area contributed by atoms with Crippen LogP contribution in [0.3, 0.4) is 0 Å². The number of aryl methyl sites for hydroxylation is 2. The monoisotopic (exact) mass is 498 g/mol. The second-order valence-corrected chi connectivity index (χ2v) is 10.0. The van der Waals surface area contributed by atoms with E-state index >= 15 is 0 Å². The molecule has 0 atom stereocenters. The van der Waals surface area contributed by atoms with E-state index in [9.17, 15) is 14.4 Å². The first-order valence-corrected chi connectivity index (χ1v) is 12.8. The third kappa shape index (κ3) is 5.33. The van der Waals surface area contributed by atoms with Gasteiger partial charge in [-0.2, -0.15) is 0 Å². The quantitative estimate of drug-likeness (QED) is 0.286. The van der Waals surface area contributed by atoms with Crippen molar-refractivity contribution >= 4 is 40.2 Å². The molecule has 5 rings (SSSR count). The molecule has 0 radical (unpaired) electrons. The fraction of sp³-hybridized carbons (Fsp3) is 0.214. The van der Waals surface area contributed by atoms with Crippen molar-refractivity contribution in [2.24, 2.45) is 0 Å². The number of carbonyl (C=O) groups excluding carboxylic acids is 2. The number of aromatic nitrogens is 2. The molecule has 0 aliphatic heterocycles. The smallest absolute Gasteiger partial charge is 0.266 e. The molecule has 2 amide bonds. The van der Waals surface area contributed by atoms with Crippen LogP contribution in [0, 0.1) is 13.8 Å². The van der Waals surface area contributed by atoms with Gasteiger partial charge < -0.3 is 10.6 Å². The van der Waals surface area contributed by atoms with E-state index in [-0.39, 0.29) is 29.2 Å². The zero-order chi connectivity index (χ0) is 25.2. The number of nitrogens with one attached hydrogen (secondary N) is 2. The number of nitrogens with zero attached hydrogens (tertiary/aromatic N) is 2. The van der Waals surface area contributed by atoms with E-state index in [1.54, 1.807) is 41.0 Å². The van der Waals surface area contributed by atoms with Crippen LogP contribution in [0.25, 0.3) is 16.6 Å². The fourth-order valence-electron chi connectivity index (χ4n) is 4.08. The predicted octanol–water partition coefficient (Wildman–Crippen LogP) is 4.63. The van der Waals surface area contributed by atoms with Crippen LogP contribution < -0.4 is 16.2 Å². The van der Waals surface area contributed by atoms with Gasteiger partial charge in [0.15, 0.2) is 5.16 Å². The second-order valence-electron chi connectivity index (χ2n) is 9.06. The molecule has 182 valence electrons. The molecule has 1 aliphatic carbocycles. The number of fused-ring (bicyclic) bond motifs is 1. The number of hydrogen-bond donors (Lipinski definition) is 2. The topological polar surface area (TPSA) is 93.1 Å². The molecule has 1 aromatic heterocycles. The van der Waals surface area contributed by atoms with Crippen molar-refractivity contribution in [2.75, 3.05) is 11.1 Å². The minimum absolute atomic E-state index is 0.0497. The molecule has 0 bridgehead atoms. The summed E-state index contributed by atoms with van der Waals surface area (Å²) >= 11 is 1.20. The Hall–Kier alpha value is -3.91. The van der Waals surface area contributed by atoms with Crippen molar-refractivity contribution in [3.8, 4) is 5.69 Å². The van der Waals surface area contributed by atoms with Gasteiger partial charge in [0.2, 0.25) is 5.91 Å². The molecule has 4 aromatic rings. The summed E-state index contributed by atoms with van der Waals surface area (Å²) in [5.41, 5.74) is 4.24. The van der Waals surface area contributed by atoms with Gasteiger partial charge in [-0.1, -0.05) is 36.0 Å². The van der Waals surface area contributed by atoms with Gasteiger partial charge in [-0.05, 0) is 80.3 Å². The molecular weight excluding hydrogens is 472 g/mol. The van der Waals surface area contributed by atoms with Crippen LogP contribution in [0.15, 0.2) is 76.7 Å². The lowest BCUT2D eigenvalue weighted by Crippen LogP contribution is -2.25. The van der Waals surface area contributed by atoms with Gasteiger partial charge in [-0.25, -0.2) is 4.98 Å². The number of carbonyl (C=O) groups is 2. The molecule has 1 aliphatic rings. The van der Waals surface area contributed by atoms with E-state index in [4.69, 9.17) is 4.98 Å². The summed E-state index contributed by atoms with van der Waals surface area (Å²) in [5, 5.41) is 6.76. The van der Waals surface area contributed by atoms with E-state index in [2.05, 4.69) is 10.6 Å². The Balaban J connectivity index is 1.39. The number of hydrogen-bond acceptors (Lipinski definition) is 5. The molecule has 3 aromatic carbocycles. The van der Waals surface area contributed by atoms with Crippen molar-refractivity contribution in [1.82, 2.24) is 14.9 Å². The fourth-order valence-corrected chi connectivity index (χ4v) is 4.89. The summed E-state index contributed by atoms with van der Waals surface area (Å²) in [6.45, 7) is 3.96. The Kier molecular flexibility index (Phi) is 6.61. The number of thioether (sulfide) groups is 1. The summed E-state index contributed by atoms with van der Waals surface area (Å²) in [7, 11) is 0. The van der Waals surface area contributed by atoms with Crippen molar-refractivity contribution < 1.29 is 9.59 Å². The molecule has 1 heterocycles. The van der Waals surface area contributed by atoms with Gasteiger partial charge in [0.1, 0.15) is 0 Å². The zero-order valence-corrected chi connectivity index (χ0v) is 20.9. The minimum Gasteiger partial charge on any atom is -0.349 e. The Labute approximate surface area is 212 Å². The van der Waals surface area contributed by atoms with Crippen LogP contribution in [0.5, 0.6) is 0 Å². The Morgan fingerprint density at radius 2 is 1.75 bits per heavy atom. The lowest BCUT2D eigenvalue weighted by Gasteiger charge is -2.14. The molecule has 1 fully saturated rings. The highest BCUT2D eigenvalue weighted by Gasteiger charge is 2.24. The van der Waals surface area contributed by atoms with Crippen LogP contribution in [-0.2, 0) is 4.79 Å². The molecule has 2 N–H and O–H groups in total. The predicted molar refractivity (Wildman–Crippen MR) is 143 cm³/mol. The molecule has 36 heavy (non-hydrogen) atoms. The number of anilines is 1. The average molecular weight is 499 g/mol. The Bertz CT molecular complexity index is 1520. The third-order valence-corrected chi connectivity index (χ3v) is 6.80. The molecule has 0 spiro atoms. The lowest BCUT2D eigenvalue weighted by molar-refractivity contribution is -0.113. The lowest BCUT2D eigenvalue weighted by atomic mass is 10.1. The molecule has 0 saturated heterocycles. The number of benzene rings is 3. The van der Waals surface area contributed by atoms with E-state index in [0.29, 0.717) is 33.0 Å².